The van der Waals surface area contributed by atoms with Crippen molar-refractivity contribution in [3.8, 4) is 22.6 Å². The summed E-state index contributed by atoms with van der Waals surface area (Å²) in [5.41, 5.74) is 11.0. The summed E-state index contributed by atoms with van der Waals surface area (Å²) in [5.74, 6) is 0.561. The summed E-state index contributed by atoms with van der Waals surface area (Å²) in [6.45, 7) is 0. The molecule has 0 aliphatic carbocycles. The van der Waals surface area contributed by atoms with Gasteiger partial charge in [0.05, 0.1) is 5.69 Å². The summed E-state index contributed by atoms with van der Waals surface area (Å²) in [4.78, 5) is 7.21. The van der Waals surface area contributed by atoms with E-state index >= 15 is 0 Å². The number of hydrogen-bond acceptors (Lipinski definition) is 5. The van der Waals surface area contributed by atoms with Gasteiger partial charge in [-0.2, -0.15) is 0 Å². The van der Waals surface area contributed by atoms with Gasteiger partial charge >= 0.3 is 0 Å². The Bertz CT molecular complexity index is 3100. The molecule has 0 saturated heterocycles. The van der Waals surface area contributed by atoms with Crippen LogP contribution in [0.1, 0.15) is 0 Å². The zero-order chi connectivity index (χ0) is 34.2. The van der Waals surface area contributed by atoms with E-state index in [-0.39, 0.29) is 0 Å². The molecule has 0 aliphatic heterocycles. The van der Waals surface area contributed by atoms with Gasteiger partial charge in [-0.15, -0.1) is 0 Å². The first-order chi connectivity index (χ1) is 25.8. The molecule has 11 rings (SSSR count). The highest BCUT2D eigenvalue weighted by atomic mass is 16.4. The molecular weight excluding hydrogens is 641 g/mol. The summed E-state index contributed by atoms with van der Waals surface area (Å²) in [6, 6.07) is 58.5. The first kappa shape index (κ1) is 28.7. The molecule has 52 heavy (non-hydrogen) atoms. The van der Waals surface area contributed by atoms with Crippen LogP contribution in [0.15, 0.2) is 183 Å². The highest BCUT2D eigenvalue weighted by Gasteiger charge is 2.23. The van der Waals surface area contributed by atoms with Crippen LogP contribution in [0.2, 0.25) is 0 Å². The van der Waals surface area contributed by atoms with Crippen LogP contribution >= 0.6 is 0 Å². The number of nitrogens with zero attached hydrogens (tertiary/aromatic N) is 2. The minimum absolute atomic E-state index is 0.561. The number of para-hydroxylation sites is 4. The normalized spacial score (nSPS) is 11.8. The Morgan fingerprint density at radius 3 is 1.96 bits per heavy atom. The minimum Gasteiger partial charge on any atom is -0.455 e. The zero-order valence-electron chi connectivity index (χ0n) is 27.8. The lowest BCUT2D eigenvalue weighted by atomic mass is 9.99. The molecule has 0 amide bonds. The largest absolute Gasteiger partial charge is 0.455 e. The quantitative estimate of drug-likeness (QED) is 0.183. The molecule has 0 saturated carbocycles. The Hall–Kier alpha value is -7.11. The van der Waals surface area contributed by atoms with Crippen molar-refractivity contribution in [1.82, 2.24) is 4.98 Å². The van der Waals surface area contributed by atoms with Crippen LogP contribution in [0.4, 0.5) is 17.1 Å². The molecular formula is C47H28N2O3. The number of hydrogen-bond donors (Lipinski definition) is 0. The maximum Gasteiger partial charge on any atom is 0.228 e. The average Bonchev–Trinajstić information content (AvgIpc) is 3.92. The fourth-order valence-corrected chi connectivity index (χ4v) is 7.66. The van der Waals surface area contributed by atoms with Crippen LogP contribution in [-0.4, -0.2) is 4.98 Å². The summed E-state index contributed by atoms with van der Waals surface area (Å²) in [7, 11) is 0. The van der Waals surface area contributed by atoms with Gasteiger partial charge in [-0.3, -0.25) is 0 Å². The smallest absolute Gasteiger partial charge is 0.228 e. The highest BCUT2D eigenvalue weighted by Crippen LogP contribution is 2.46. The average molecular weight is 669 g/mol. The van der Waals surface area contributed by atoms with Gasteiger partial charge in [0.25, 0.3) is 0 Å². The summed E-state index contributed by atoms with van der Waals surface area (Å²) in [5, 5.41) is 6.18. The van der Waals surface area contributed by atoms with Crippen molar-refractivity contribution in [3.05, 3.63) is 170 Å². The van der Waals surface area contributed by atoms with Gasteiger partial charge in [0.1, 0.15) is 22.3 Å². The number of oxazole rings is 1. The lowest BCUT2D eigenvalue weighted by molar-refractivity contribution is 0.620. The number of aromatic nitrogens is 1. The Balaban J connectivity index is 1.18. The maximum atomic E-state index is 6.72. The zero-order valence-corrected chi connectivity index (χ0v) is 27.8. The van der Waals surface area contributed by atoms with Crippen molar-refractivity contribution in [2.75, 3.05) is 4.90 Å². The molecule has 0 bridgehead atoms. The van der Waals surface area contributed by atoms with Crippen LogP contribution in [-0.2, 0) is 0 Å². The molecule has 3 heterocycles. The predicted octanol–water partition coefficient (Wildman–Crippen LogP) is 13.6. The van der Waals surface area contributed by atoms with Crippen LogP contribution in [0, 0.1) is 0 Å². The van der Waals surface area contributed by atoms with E-state index in [0.29, 0.717) is 5.89 Å². The first-order valence-electron chi connectivity index (χ1n) is 17.4. The molecule has 244 valence electrons. The molecule has 0 N–H and O–H groups in total. The number of benzene rings is 8. The Labute approximate surface area is 297 Å². The SMILES string of the molecule is c1ccc(-c2ccc(N(c3ccc4oc5c6ccccc6cc(-c6nc7ccccc7o6)c5c4c3)c3cccc4c3oc3ccccc34)cc2)cc1. The summed E-state index contributed by atoms with van der Waals surface area (Å²) in [6.07, 6.45) is 0. The van der Waals surface area contributed by atoms with Crippen LogP contribution in [0.25, 0.3) is 88.3 Å². The molecule has 0 aliphatic rings. The Morgan fingerprint density at radius 1 is 0.423 bits per heavy atom. The molecule has 8 aromatic carbocycles. The summed E-state index contributed by atoms with van der Waals surface area (Å²) < 4.78 is 19.7. The molecule has 0 spiro atoms. The van der Waals surface area contributed by atoms with E-state index in [1.165, 1.54) is 5.56 Å². The standard InChI is InChI=1S/C47H28N2O3/c1-2-11-29(12-3-1)30-21-23-32(24-22-30)49(40-18-10-16-36-35-15-6-8-19-41(35)50-45(36)40)33-25-26-42-37(28-33)44-38(47-48-39-17-7-9-20-43(39)52-47)27-31-13-4-5-14-34(31)46(44)51-42/h1-28H. The molecule has 3 aromatic heterocycles. The van der Waals surface area contributed by atoms with E-state index in [1.54, 1.807) is 0 Å². The van der Waals surface area contributed by atoms with E-state index < -0.39 is 0 Å². The summed E-state index contributed by atoms with van der Waals surface area (Å²) >= 11 is 0. The topological polar surface area (TPSA) is 55.6 Å². The van der Waals surface area contributed by atoms with Crippen molar-refractivity contribution in [2.24, 2.45) is 0 Å². The highest BCUT2D eigenvalue weighted by molar-refractivity contribution is 6.21. The van der Waals surface area contributed by atoms with Crippen molar-refractivity contribution in [1.29, 1.82) is 0 Å². The predicted molar refractivity (Wildman–Crippen MR) is 212 cm³/mol. The second kappa shape index (κ2) is 11.2. The van der Waals surface area contributed by atoms with Gasteiger partial charge in [0, 0.05) is 43.9 Å². The van der Waals surface area contributed by atoms with E-state index in [4.69, 9.17) is 18.2 Å². The molecule has 0 radical (unpaired) electrons. The second-order valence-corrected chi connectivity index (χ2v) is 13.1. The number of furan rings is 2. The van der Waals surface area contributed by atoms with Crippen molar-refractivity contribution >= 4 is 82.8 Å². The van der Waals surface area contributed by atoms with Gasteiger partial charge in [-0.05, 0) is 77.2 Å². The fourth-order valence-electron chi connectivity index (χ4n) is 7.66. The van der Waals surface area contributed by atoms with Crippen molar-refractivity contribution in [3.63, 3.8) is 0 Å². The molecule has 0 unspecified atom stereocenters. The van der Waals surface area contributed by atoms with E-state index in [2.05, 4.69) is 120 Å². The third kappa shape index (κ3) is 4.39. The molecule has 5 nitrogen and oxygen atoms in total. The third-order valence-electron chi connectivity index (χ3n) is 10.1. The van der Waals surface area contributed by atoms with Crippen LogP contribution in [0.3, 0.4) is 0 Å². The first-order valence-corrected chi connectivity index (χ1v) is 17.4. The van der Waals surface area contributed by atoms with Gasteiger partial charge in [0.2, 0.25) is 5.89 Å². The number of fused-ring (bicyclic) bond motifs is 9. The lowest BCUT2D eigenvalue weighted by Gasteiger charge is -2.26. The maximum absolute atomic E-state index is 6.72. The Kier molecular flexibility index (Phi) is 6.18. The van der Waals surface area contributed by atoms with E-state index in [1.807, 2.05) is 54.6 Å². The molecule has 0 atom stereocenters. The number of rotatable bonds is 5. The monoisotopic (exact) mass is 668 g/mol. The van der Waals surface area contributed by atoms with Gasteiger partial charge < -0.3 is 18.2 Å². The fraction of sp³-hybridized carbons (Fsp3) is 0. The lowest BCUT2D eigenvalue weighted by Crippen LogP contribution is -2.10. The van der Waals surface area contributed by atoms with Crippen molar-refractivity contribution < 1.29 is 13.3 Å². The van der Waals surface area contributed by atoms with Crippen LogP contribution < -0.4 is 4.90 Å². The Morgan fingerprint density at radius 2 is 1.10 bits per heavy atom. The molecule has 5 heteroatoms. The second-order valence-electron chi connectivity index (χ2n) is 13.1. The number of anilines is 3. The van der Waals surface area contributed by atoms with E-state index in [0.717, 1.165) is 93.9 Å². The third-order valence-corrected chi connectivity index (χ3v) is 10.1. The molecule has 11 aromatic rings. The van der Waals surface area contributed by atoms with Gasteiger partial charge in [-0.1, -0.05) is 109 Å². The van der Waals surface area contributed by atoms with Crippen LogP contribution in [0.5, 0.6) is 0 Å². The van der Waals surface area contributed by atoms with Crippen molar-refractivity contribution in [2.45, 2.75) is 0 Å². The van der Waals surface area contributed by atoms with E-state index in [9.17, 15) is 0 Å². The molecule has 0 fully saturated rings. The minimum atomic E-state index is 0.561. The van der Waals surface area contributed by atoms with Gasteiger partial charge in [0.15, 0.2) is 11.2 Å². The van der Waals surface area contributed by atoms with Gasteiger partial charge in [-0.25, -0.2) is 4.98 Å².